The molecule has 0 fully saturated rings. The second-order valence-corrected chi connectivity index (χ2v) is 7.86. The van der Waals surface area contributed by atoms with E-state index in [1.807, 2.05) is 30.3 Å². The molecule has 4 rings (SSSR count). The SMILES string of the molecule is COCCn1cnc2c1c(=O)n(CC(=O)OCc1ccc(OC)cc1)c(=O)n2Cc1ccccc1. The molecule has 2 aromatic carbocycles. The zero-order valence-corrected chi connectivity index (χ0v) is 19.5. The molecule has 35 heavy (non-hydrogen) atoms. The molecule has 10 heteroatoms. The Labute approximate surface area is 200 Å². The largest absolute Gasteiger partial charge is 0.497 e. The van der Waals surface area contributed by atoms with Crippen molar-refractivity contribution < 1.29 is 19.0 Å². The topological polar surface area (TPSA) is 107 Å². The van der Waals surface area contributed by atoms with Gasteiger partial charge in [-0.3, -0.25) is 14.2 Å². The van der Waals surface area contributed by atoms with Crippen LogP contribution in [0.5, 0.6) is 5.75 Å². The van der Waals surface area contributed by atoms with Gasteiger partial charge in [0.1, 0.15) is 18.9 Å². The smallest absolute Gasteiger partial charge is 0.333 e. The molecular formula is C25H26N4O6. The van der Waals surface area contributed by atoms with Gasteiger partial charge in [-0.05, 0) is 23.3 Å². The highest BCUT2D eigenvalue weighted by Gasteiger charge is 2.20. The number of carbonyl (C=O) groups excluding carboxylic acids is 1. The fourth-order valence-electron chi connectivity index (χ4n) is 3.71. The van der Waals surface area contributed by atoms with E-state index in [1.165, 1.54) is 10.9 Å². The van der Waals surface area contributed by atoms with Gasteiger partial charge in [0.05, 0.1) is 26.6 Å². The number of benzene rings is 2. The van der Waals surface area contributed by atoms with Gasteiger partial charge < -0.3 is 18.8 Å². The second kappa shape index (κ2) is 10.8. The Balaban J connectivity index is 1.66. The van der Waals surface area contributed by atoms with E-state index in [9.17, 15) is 14.4 Å². The minimum Gasteiger partial charge on any atom is -0.497 e. The standard InChI is InChI=1S/C25H26N4O6/c1-33-13-12-27-17-26-23-22(27)24(31)29(25(32)28(23)14-18-6-4-3-5-7-18)15-21(30)35-16-19-8-10-20(34-2)11-9-19/h3-11,17H,12-16H2,1-2H3. The van der Waals surface area contributed by atoms with Crippen LogP contribution >= 0.6 is 0 Å². The van der Waals surface area contributed by atoms with Crippen molar-refractivity contribution in [1.82, 2.24) is 18.7 Å². The van der Waals surface area contributed by atoms with Crippen molar-refractivity contribution >= 4 is 17.1 Å². The van der Waals surface area contributed by atoms with E-state index < -0.39 is 23.8 Å². The number of imidazole rings is 1. The fraction of sp³-hybridized carbons (Fsp3) is 0.280. The highest BCUT2D eigenvalue weighted by molar-refractivity contribution is 5.72. The van der Waals surface area contributed by atoms with E-state index in [4.69, 9.17) is 14.2 Å². The van der Waals surface area contributed by atoms with Crippen molar-refractivity contribution in [3.8, 4) is 5.75 Å². The summed E-state index contributed by atoms with van der Waals surface area (Å²) in [5.41, 5.74) is 0.841. The van der Waals surface area contributed by atoms with Crippen molar-refractivity contribution in [2.24, 2.45) is 0 Å². The lowest BCUT2D eigenvalue weighted by atomic mass is 10.2. The van der Waals surface area contributed by atoms with Crippen LogP contribution in [-0.2, 0) is 40.5 Å². The molecule has 0 spiro atoms. The molecule has 0 aliphatic heterocycles. The molecule has 182 valence electrons. The van der Waals surface area contributed by atoms with Gasteiger partial charge in [-0.2, -0.15) is 0 Å². The zero-order valence-electron chi connectivity index (χ0n) is 19.5. The van der Waals surface area contributed by atoms with Gasteiger partial charge in [-0.15, -0.1) is 0 Å². The number of esters is 1. The van der Waals surface area contributed by atoms with Gasteiger partial charge in [0, 0.05) is 13.7 Å². The number of ether oxygens (including phenoxy) is 3. The van der Waals surface area contributed by atoms with Gasteiger partial charge in [0.2, 0.25) is 0 Å². The Morgan fingerprint density at radius 2 is 1.69 bits per heavy atom. The van der Waals surface area contributed by atoms with Crippen LogP contribution in [0, 0.1) is 0 Å². The summed E-state index contributed by atoms with van der Waals surface area (Å²) in [5.74, 6) is -0.0161. The third-order valence-electron chi connectivity index (χ3n) is 5.55. The first-order chi connectivity index (χ1) is 17.0. The molecule has 0 aliphatic rings. The fourth-order valence-corrected chi connectivity index (χ4v) is 3.71. The number of hydrogen-bond acceptors (Lipinski definition) is 7. The minimum atomic E-state index is -0.700. The predicted octanol–water partition coefficient (Wildman–Crippen LogP) is 1.81. The normalized spacial score (nSPS) is 11.0. The van der Waals surface area contributed by atoms with Gasteiger partial charge in [0.15, 0.2) is 11.2 Å². The van der Waals surface area contributed by atoms with Crippen molar-refractivity contribution in [2.45, 2.75) is 26.2 Å². The first kappa shape index (κ1) is 24.0. The molecule has 0 aliphatic carbocycles. The van der Waals surface area contributed by atoms with Crippen LogP contribution in [0.25, 0.3) is 11.2 Å². The summed E-state index contributed by atoms with van der Waals surface area (Å²) in [6.45, 7) is 0.400. The van der Waals surface area contributed by atoms with E-state index in [2.05, 4.69) is 4.98 Å². The van der Waals surface area contributed by atoms with Crippen molar-refractivity contribution in [2.75, 3.05) is 20.8 Å². The Hall–Kier alpha value is -4.18. The Morgan fingerprint density at radius 3 is 2.37 bits per heavy atom. The van der Waals surface area contributed by atoms with Crippen LogP contribution in [0.2, 0.25) is 0 Å². The molecule has 10 nitrogen and oxygen atoms in total. The molecular weight excluding hydrogens is 452 g/mol. The highest BCUT2D eigenvalue weighted by atomic mass is 16.5. The number of fused-ring (bicyclic) bond motifs is 1. The summed E-state index contributed by atoms with van der Waals surface area (Å²) in [6.07, 6.45) is 1.50. The van der Waals surface area contributed by atoms with Crippen LogP contribution in [-0.4, -0.2) is 45.5 Å². The Kier molecular flexibility index (Phi) is 7.41. The quantitative estimate of drug-likeness (QED) is 0.320. The zero-order chi connectivity index (χ0) is 24.8. The van der Waals surface area contributed by atoms with E-state index in [-0.39, 0.29) is 24.3 Å². The summed E-state index contributed by atoms with van der Waals surface area (Å²) in [7, 11) is 3.12. The van der Waals surface area contributed by atoms with Crippen LogP contribution < -0.4 is 16.0 Å². The molecule has 0 saturated heterocycles. The molecule has 2 heterocycles. The maximum absolute atomic E-state index is 13.3. The molecule has 0 radical (unpaired) electrons. The van der Waals surface area contributed by atoms with Gasteiger partial charge in [-0.25, -0.2) is 14.3 Å². The van der Waals surface area contributed by atoms with Gasteiger partial charge >= 0.3 is 11.7 Å². The Morgan fingerprint density at radius 1 is 0.943 bits per heavy atom. The van der Waals surface area contributed by atoms with Crippen molar-refractivity contribution in [3.05, 3.63) is 92.9 Å². The van der Waals surface area contributed by atoms with Crippen LogP contribution in [0.1, 0.15) is 11.1 Å². The minimum absolute atomic E-state index is 0.00377. The molecule has 0 amide bonds. The van der Waals surface area contributed by atoms with Crippen LogP contribution in [0.4, 0.5) is 0 Å². The second-order valence-electron chi connectivity index (χ2n) is 7.86. The summed E-state index contributed by atoms with van der Waals surface area (Å²) >= 11 is 0. The maximum atomic E-state index is 13.3. The van der Waals surface area contributed by atoms with E-state index >= 15 is 0 Å². The third-order valence-corrected chi connectivity index (χ3v) is 5.55. The summed E-state index contributed by atoms with van der Waals surface area (Å²) in [4.78, 5) is 43.6. The molecule has 0 unspecified atom stereocenters. The average molecular weight is 479 g/mol. The average Bonchev–Trinajstić information content (AvgIpc) is 3.31. The van der Waals surface area contributed by atoms with Crippen molar-refractivity contribution in [1.29, 1.82) is 0 Å². The Bertz CT molecular complexity index is 1420. The lowest BCUT2D eigenvalue weighted by Gasteiger charge is -2.13. The van der Waals surface area contributed by atoms with Crippen molar-refractivity contribution in [3.63, 3.8) is 0 Å². The molecule has 4 aromatic rings. The van der Waals surface area contributed by atoms with Crippen LogP contribution in [0.15, 0.2) is 70.5 Å². The van der Waals surface area contributed by atoms with Gasteiger partial charge in [-0.1, -0.05) is 42.5 Å². The van der Waals surface area contributed by atoms with Crippen LogP contribution in [0.3, 0.4) is 0 Å². The van der Waals surface area contributed by atoms with Gasteiger partial charge in [0.25, 0.3) is 5.56 Å². The number of rotatable bonds is 10. The van der Waals surface area contributed by atoms with E-state index in [0.717, 1.165) is 15.7 Å². The maximum Gasteiger partial charge on any atom is 0.333 e. The predicted molar refractivity (Wildman–Crippen MR) is 128 cm³/mol. The summed E-state index contributed by atoms with van der Waals surface area (Å²) < 4.78 is 19.5. The summed E-state index contributed by atoms with van der Waals surface area (Å²) in [6, 6.07) is 16.4. The molecule has 2 aromatic heterocycles. The molecule has 0 bridgehead atoms. The number of methoxy groups -OCH3 is 2. The number of nitrogens with zero attached hydrogens (tertiary/aromatic N) is 4. The number of hydrogen-bond donors (Lipinski definition) is 0. The molecule has 0 saturated carbocycles. The summed E-state index contributed by atoms with van der Waals surface area (Å²) in [5, 5.41) is 0. The van der Waals surface area contributed by atoms with E-state index in [1.54, 1.807) is 43.1 Å². The third kappa shape index (κ3) is 5.33. The monoisotopic (exact) mass is 478 g/mol. The first-order valence-electron chi connectivity index (χ1n) is 11.0. The first-order valence-corrected chi connectivity index (χ1v) is 11.0. The lowest BCUT2D eigenvalue weighted by molar-refractivity contribution is -0.145. The number of aromatic nitrogens is 4. The number of carbonyl (C=O) groups is 1. The van der Waals surface area contributed by atoms with E-state index in [0.29, 0.717) is 18.9 Å². The molecule has 0 atom stereocenters. The lowest BCUT2D eigenvalue weighted by Crippen LogP contribution is -2.42. The molecule has 0 N–H and O–H groups in total. The highest BCUT2D eigenvalue weighted by Crippen LogP contribution is 2.13.